The number of para-hydroxylation sites is 2. The zero-order valence-electron chi connectivity index (χ0n) is 11.8. The third kappa shape index (κ3) is 2.87. The van der Waals surface area contributed by atoms with Crippen LogP contribution in [0, 0.1) is 0 Å². The van der Waals surface area contributed by atoms with Crippen molar-refractivity contribution in [3.8, 4) is 0 Å². The van der Waals surface area contributed by atoms with Crippen LogP contribution in [-0.4, -0.2) is 14.7 Å². The fraction of sp³-hybridized carbons (Fsp3) is 0.235. The molecule has 0 bridgehead atoms. The van der Waals surface area contributed by atoms with Gasteiger partial charge < -0.3 is 9.67 Å². The Labute approximate surface area is 132 Å². The number of halogens is 1. The molecule has 1 heterocycles. The molecule has 0 radical (unpaired) electrons. The van der Waals surface area contributed by atoms with Crippen LogP contribution in [0.25, 0.3) is 11.0 Å². The third-order valence-electron chi connectivity index (χ3n) is 3.64. The van der Waals surface area contributed by atoms with Crippen LogP contribution in [0.3, 0.4) is 0 Å². The first-order valence-electron chi connectivity index (χ1n) is 7.06. The summed E-state index contributed by atoms with van der Waals surface area (Å²) in [6.07, 6.45) is 0.297. The summed E-state index contributed by atoms with van der Waals surface area (Å²) in [4.78, 5) is 4.64. The molecule has 4 heteroatoms. The summed E-state index contributed by atoms with van der Waals surface area (Å²) in [5, 5.41) is 10.5. The van der Waals surface area contributed by atoms with Gasteiger partial charge in [0.05, 0.1) is 23.7 Å². The van der Waals surface area contributed by atoms with Crippen molar-refractivity contribution in [3.63, 3.8) is 0 Å². The van der Waals surface area contributed by atoms with Gasteiger partial charge >= 0.3 is 0 Å². The fourth-order valence-corrected chi connectivity index (χ4v) is 3.01. The molecule has 3 nitrogen and oxygen atoms in total. The van der Waals surface area contributed by atoms with Crippen molar-refractivity contribution in [2.75, 3.05) is 0 Å². The van der Waals surface area contributed by atoms with Crippen molar-refractivity contribution < 1.29 is 5.11 Å². The van der Waals surface area contributed by atoms with Crippen LogP contribution in [0.4, 0.5) is 0 Å². The number of aliphatic hydroxyl groups excluding tert-OH is 1. The first kappa shape index (κ1) is 14.3. The number of rotatable bonds is 4. The normalized spacial score (nSPS) is 12.7. The van der Waals surface area contributed by atoms with E-state index in [1.54, 1.807) is 0 Å². The van der Waals surface area contributed by atoms with E-state index < -0.39 is 6.10 Å². The lowest BCUT2D eigenvalue weighted by Crippen LogP contribution is -2.11. The molecule has 0 fully saturated rings. The SMILES string of the molecule is CCc1nc2ccccc2n1C[C@@H](O)c1cccc(Br)c1. The number of imidazole rings is 1. The molecular formula is C17H17BrN2O. The van der Waals surface area contributed by atoms with Crippen LogP contribution in [0.2, 0.25) is 0 Å². The minimum absolute atomic E-state index is 0.514. The van der Waals surface area contributed by atoms with E-state index in [1.807, 2.05) is 42.5 Å². The lowest BCUT2D eigenvalue weighted by molar-refractivity contribution is 0.156. The van der Waals surface area contributed by atoms with Gasteiger partial charge in [-0.05, 0) is 29.8 Å². The van der Waals surface area contributed by atoms with Crippen LogP contribution in [0.5, 0.6) is 0 Å². The molecule has 108 valence electrons. The lowest BCUT2D eigenvalue weighted by atomic mass is 10.1. The van der Waals surface area contributed by atoms with Crippen LogP contribution in [-0.2, 0) is 13.0 Å². The van der Waals surface area contributed by atoms with Crippen molar-refractivity contribution in [1.82, 2.24) is 9.55 Å². The van der Waals surface area contributed by atoms with Crippen LogP contribution < -0.4 is 0 Å². The molecule has 0 aliphatic heterocycles. The molecule has 0 saturated carbocycles. The Hall–Kier alpha value is -1.65. The molecule has 1 N–H and O–H groups in total. The van der Waals surface area contributed by atoms with Gasteiger partial charge in [-0.3, -0.25) is 0 Å². The average Bonchev–Trinajstić information content (AvgIpc) is 2.85. The van der Waals surface area contributed by atoms with E-state index in [0.29, 0.717) is 6.54 Å². The van der Waals surface area contributed by atoms with E-state index >= 15 is 0 Å². The Kier molecular flexibility index (Phi) is 4.08. The van der Waals surface area contributed by atoms with Gasteiger partial charge in [-0.1, -0.05) is 47.1 Å². The minimum Gasteiger partial charge on any atom is -0.387 e. The molecule has 3 aromatic rings. The Bertz CT molecular complexity index is 766. The number of hydrogen-bond acceptors (Lipinski definition) is 2. The number of aliphatic hydroxyl groups is 1. The zero-order chi connectivity index (χ0) is 14.8. The summed E-state index contributed by atoms with van der Waals surface area (Å²) in [5.41, 5.74) is 2.96. The molecule has 0 saturated heterocycles. The average molecular weight is 345 g/mol. The largest absolute Gasteiger partial charge is 0.387 e. The summed E-state index contributed by atoms with van der Waals surface area (Å²) in [7, 11) is 0. The van der Waals surface area contributed by atoms with Gasteiger partial charge in [0, 0.05) is 10.9 Å². The lowest BCUT2D eigenvalue weighted by Gasteiger charge is -2.15. The first-order valence-corrected chi connectivity index (χ1v) is 7.86. The summed E-state index contributed by atoms with van der Waals surface area (Å²) in [6.45, 7) is 2.60. The molecule has 3 rings (SSSR count). The van der Waals surface area contributed by atoms with Gasteiger partial charge in [-0.15, -0.1) is 0 Å². The summed E-state index contributed by atoms with van der Waals surface area (Å²) >= 11 is 3.45. The van der Waals surface area contributed by atoms with Gasteiger partial charge in [-0.25, -0.2) is 4.98 Å². The minimum atomic E-state index is -0.551. The molecule has 0 unspecified atom stereocenters. The standard InChI is InChI=1S/C17H17BrN2O/c1-2-17-19-14-8-3-4-9-15(14)20(17)11-16(21)12-6-5-7-13(18)10-12/h3-10,16,21H,2,11H2,1H3/t16-/m1/s1. The van der Waals surface area contributed by atoms with Crippen molar-refractivity contribution in [2.45, 2.75) is 26.0 Å². The van der Waals surface area contributed by atoms with Gasteiger partial charge in [0.2, 0.25) is 0 Å². The number of hydrogen-bond donors (Lipinski definition) is 1. The quantitative estimate of drug-likeness (QED) is 0.773. The molecule has 0 aliphatic carbocycles. The molecule has 21 heavy (non-hydrogen) atoms. The highest BCUT2D eigenvalue weighted by Crippen LogP contribution is 2.23. The Morgan fingerprint density at radius 1 is 1.19 bits per heavy atom. The van der Waals surface area contributed by atoms with Gasteiger partial charge in [0.15, 0.2) is 0 Å². The van der Waals surface area contributed by atoms with Crippen LogP contribution >= 0.6 is 15.9 Å². The second-order valence-electron chi connectivity index (χ2n) is 5.05. The van der Waals surface area contributed by atoms with E-state index in [9.17, 15) is 5.11 Å². The monoisotopic (exact) mass is 344 g/mol. The van der Waals surface area contributed by atoms with Crippen LogP contribution in [0.15, 0.2) is 53.0 Å². The number of aryl methyl sites for hydroxylation is 1. The van der Waals surface area contributed by atoms with E-state index in [0.717, 1.165) is 33.3 Å². The molecule has 0 aliphatic rings. The second-order valence-corrected chi connectivity index (χ2v) is 5.97. The molecule has 1 aromatic heterocycles. The number of fused-ring (bicyclic) bond motifs is 1. The molecule has 2 aromatic carbocycles. The van der Waals surface area contributed by atoms with Gasteiger partial charge in [0.25, 0.3) is 0 Å². The predicted molar refractivity (Wildman–Crippen MR) is 88.2 cm³/mol. The van der Waals surface area contributed by atoms with E-state index in [4.69, 9.17) is 0 Å². The molecule has 0 amide bonds. The highest BCUT2D eigenvalue weighted by atomic mass is 79.9. The summed E-state index contributed by atoms with van der Waals surface area (Å²) < 4.78 is 3.09. The zero-order valence-corrected chi connectivity index (χ0v) is 13.4. The number of benzene rings is 2. The topological polar surface area (TPSA) is 38.0 Å². The maximum Gasteiger partial charge on any atom is 0.109 e. The van der Waals surface area contributed by atoms with Gasteiger partial charge in [-0.2, -0.15) is 0 Å². The maximum absolute atomic E-state index is 10.5. The Morgan fingerprint density at radius 3 is 2.76 bits per heavy atom. The van der Waals surface area contributed by atoms with Crippen molar-refractivity contribution in [3.05, 3.63) is 64.4 Å². The number of nitrogens with zero attached hydrogens (tertiary/aromatic N) is 2. The fourth-order valence-electron chi connectivity index (χ4n) is 2.59. The molecule has 0 spiro atoms. The van der Waals surface area contributed by atoms with Crippen molar-refractivity contribution in [2.24, 2.45) is 0 Å². The highest BCUT2D eigenvalue weighted by Gasteiger charge is 2.14. The maximum atomic E-state index is 10.5. The third-order valence-corrected chi connectivity index (χ3v) is 4.13. The van der Waals surface area contributed by atoms with Crippen molar-refractivity contribution in [1.29, 1.82) is 0 Å². The summed E-state index contributed by atoms with van der Waals surface area (Å²) in [6, 6.07) is 15.9. The van der Waals surface area contributed by atoms with E-state index in [1.165, 1.54) is 0 Å². The van der Waals surface area contributed by atoms with Crippen molar-refractivity contribution >= 4 is 27.0 Å². The van der Waals surface area contributed by atoms with E-state index in [2.05, 4.69) is 38.5 Å². The Morgan fingerprint density at radius 2 is 2.00 bits per heavy atom. The molecule has 1 atom stereocenters. The first-order chi connectivity index (χ1) is 10.2. The smallest absolute Gasteiger partial charge is 0.109 e. The predicted octanol–water partition coefficient (Wildman–Crippen LogP) is 4.09. The highest BCUT2D eigenvalue weighted by molar-refractivity contribution is 9.10. The van der Waals surface area contributed by atoms with Crippen LogP contribution in [0.1, 0.15) is 24.4 Å². The van der Waals surface area contributed by atoms with Gasteiger partial charge in [0.1, 0.15) is 5.82 Å². The number of aromatic nitrogens is 2. The Balaban J connectivity index is 1.97. The van der Waals surface area contributed by atoms with E-state index in [-0.39, 0.29) is 0 Å². The summed E-state index contributed by atoms with van der Waals surface area (Å²) in [5.74, 6) is 1.00. The second kappa shape index (κ2) is 6.00. The molecular weight excluding hydrogens is 328 g/mol.